The Hall–Kier alpha value is -0.610. The Morgan fingerprint density at radius 1 is 1.29 bits per heavy atom. The van der Waals surface area contributed by atoms with Gasteiger partial charge in [0.1, 0.15) is 0 Å². The van der Waals surface area contributed by atoms with Crippen LogP contribution in [0.5, 0.6) is 0 Å². The molecule has 1 unspecified atom stereocenters. The molecule has 116 valence electrons. The Bertz CT molecular complexity index is 447. The lowest BCUT2D eigenvalue weighted by atomic mass is 10.0. The van der Waals surface area contributed by atoms with Crippen molar-refractivity contribution in [3.05, 3.63) is 35.9 Å². The zero-order valence-corrected chi connectivity index (χ0v) is 14.9. The van der Waals surface area contributed by atoms with Gasteiger partial charge in [0.25, 0.3) is 0 Å². The van der Waals surface area contributed by atoms with Crippen LogP contribution in [0, 0.1) is 0 Å². The monoisotopic (exact) mass is 322 g/mol. The number of benzene rings is 1. The van der Waals surface area contributed by atoms with Gasteiger partial charge < -0.3 is 5.32 Å². The number of hydrogen-bond acceptors (Lipinski definition) is 3. The minimum atomic E-state index is 0.312. The zero-order valence-electron chi connectivity index (χ0n) is 13.3. The Kier molecular flexibility index (Phi) is 6.49. The molecule has 1 fully saturated rings. The van der Waals surface area contributed by atoms with Gasteiger partial charge in [0.05, 0.1) is 6.54 Å². The number of aliphatic imine (C=N–C) groups is 1. The first-order chi connectivity index (χ1) is 10.2. The summed E-state index contributed by atoms with van der Waals surface area (Å²) >= 11 is 3.83. The van der Waals surface area contributed by atoms with Crippen molar-refractivity contribution in [2.24, 2.45) is 4.99 Å². The van der Waals surface area contributed by atoms with Crippen molar-refractivity contribution in [3.63, 3.8) is 0 Å². The van der Waals surface area contributed by atoms with Crippen LogP contribution in [0.15, 0.2) is 35.3 Å². The molecule has 1 N–H and O–H groups in total. The van der Waals surface area contributed by atoms with Gasteiger partial charge in [-0.25, -0.2) is 0 Å². The van der Waals surface area contributed by atoms with Crippen LogP contribution < -0.4 is 5.32 Å². The van der Waals surface area contributed by atoms with Gasteiger partial charge in [-0.15, -0.1) is 0 Å². The predicted molar refractivity (Wildman–Crippen MR) is 98.7 cm³/mol. The second-order valence-electron chi connectivity index (χ2n) is 5.56. The van der Waals surface area contributed by atoms with Crippen molar-refractivity contribution in [3.8, 4) is 0 Å². The first-order valence-corrected chi connectivity index (χ1v) is 9.95. The number of rotatable bonds is 7. The van der Waals surface area contributed by atoms with E-state index in [2.05, 4.69) is 55.8 Å². The van der Waals surface area contributed by atoms with Crippen molar-refractivity contribution in [1.82, 2.24) is 5.32 Å². The van der Waals surface area contributed by atoms with Crippen molar-refractivity contribution >= 4 is 28.7 Å². The number of nitrogens with one attached hydrogen (secondary N) is 1. The van der Waals surface area contributed by atoms with Crippen LogP contribution in [0.1, 0.15) is 32.3 Å². The van der Waals surface area contributed by atoms with Gasteiger partial charge >= 0.3 is 0 Å². The van der Waals surface area contributed by atoms with Crippen LogP contribution in [-0.2, 0) is 6.42 Å². The van der Waals surface area contributed by atoms with Crippen molar-refractivity contribution in [1.29, 1.82) is 0 Å². The maximum absolute atomic E-state index is 4.85. The van der Waals surface area contributed by atoms with Gasteiger partial charge in [-0.1, -0.05) is 55.9 Å². The Balaban J connectivity index is 1.88. The van der Waals surface area contributed by atoms with E-state index in [1.165, 1.54) is 18.4 Å². The normalized spacial score (nSPS) is 20.7. The van der Waals surface area contributed by atoms with Crippen LogP contribution in [0.25, 0.3) is 0 Å². The summed E-state index contributed by atoms with van der Waals surface area (Å²) in [6.07, 6.45) is 5.65. The van der Waals surface area contributed by atoms with E-state index in [0.29, 0.717) is 10.8 Å². The van der Waals surface area contributed by atoms with Crippen LogP contribution in [0.3, 0.4) is 0 Å². The van der Waals surface area contributed by atoms with E-state index in [1.54, 1.807) is 0 Å². The molecule has 0 aliphatic carbocycles. The Morgan fingerprint density at radius 2 is 2.00 bits per heavy atom. The maximum Gasteiger partial charge on any atom is 0.156 e. The molecule has 0 radical (unpaired) electrons. The molecule has 1 aromatic rings. The third kappa shape index (κ3) is 4.68. The molecule has 0 bridgehead atoms. The van der Waals surface area contributed by atoms with E-state index in [4.69, 9.17) is 4.99 Å². The molecule has 0 saturated carbocycles. The fourth-order valence-electron chi connectivity index (χ4n) is 2.58. The van der Waals surface area contributed by atoms with E-state index in [1.807, 2.05) is 23.5 Å². The second-order valence-corrected chi connectivity index (χ2v) is 7.84. The molecule has 2 nitrogen and oxygen atoms in total. The Labute approximate surface area is 137 Å². The molecule has 1 heterocycles. The summed E-state index contributed by atoms with van der Waals surface area (Å²) in [4.78, 5) is 4.85. The molecule has 1 aliphatic rings. The minimum Gasteiger partial charge on any atom is -0.361 e. The third-order valence-electron chi connectivity index (χ3n) is 4.31. The quantitative estimate of drug-likeness (QED) is 0.814. The minimum absolute atomic E-state index is 0.312. The molecule has 0 amide bonds. The highest BCUT2D eigenvalue weighted by Gasteiger charge is 2.26. The largest absolute Gasteiger partial charge is 0.361 e. The standard InChI is InChI=1S/C17H26N2S2/c1-4-17(5-2,20-3)13-18-16-19-15(12-21-16)11-14-9-7-6-8-10-14/h6-10,15H,4-5,11-13H2,1-3H3,(H,18,19). The summed E-state index contributed by atoms with van der Waals surface area (Å²) < 4.78 is 0.312. The number of nitrogens with zero attached hydrogens (tertiary/aromatic N) is 1. The second kappa shape index (κ2) is 8.14. The highest BCUT2D eigenvalue weighted by atomic mass is 32.2. The SMILES string of the molecule is CCC(CC)(CN=C1NC(Cc2ccccc2)CS1)SC. The van der Waals surface area contributed by atoms with E-state index in [9.17, 15) is 0 Å². The van der Waals surface area contributed by atoms with E-state index in [0.717, 1.165) is 23.9 Å². The van der Waals surface area contributed by atoms with Crippen molar-refractivity contribution in [2.45, 2.75) is 43.9 Å². The van der Waals surface area contributed by atoms with E-state index in [-0.39, 0.29) is 0 Å². The van der Waals surface area contributed by atoms with Gasteiger partial charge in [-0.3, -0.25) is 4.99 Å². The van der Waals surface area contributed by atoms with Crippen LogP contribution in [0.2, 0.25) is 0 Å². The summed E-state index contributed by atoms with van der Waals surface area (Å²) in [5.41, 5.74) is 1.40. The summed E-state index contributed by atoms with van der Waals surface area (Å²) in [5.74, 6) is 1.12. The van der Waals surface area contributed by atoms with Gasteiger partial charge in [-0.2, -0.15) is 11.8 Å². The number of hydrogen-bond donors (Lipinski definition) is 1. The lowest BCUT2D eigenvalue weighted by molar-refractivity contribution is 0.559. The summed E-state index contributed by atoms with van der Waals surface area (Å²) in [6.45, 7) is 5.47. The third-order valence-corrected chi connectivity index (χ3v) is 6.97. The summed E-state index contributed by atoms with van der Waals surface area (Å²) in [6, 6.07) is 11.2. The lowest BCUT2D eigenvalue weighted by Crippen LogP contribution is -2.31. The fraction of sp³-hybridized carbons (Fsp3) is 0.588. The average molecular weight is 323 g/mol. The highest BCUT2D eigenvalue weighted by molar-refractivity contribution is 8.14. The van der Waals surface area contributed by atoms with Crippen LogP contribution in [0.4, 0.5) is 0 Å². The molecular formula is C17H26N2S2. The molecule has 0 aromatic heterocycles. The van der Waals surface area contributed by atoms with Crippen LogP contribution >= 0.6 is 23.5 Å². The van der Waals surface area contributed by atoms with Crippen LogP contribution in [-0.4, -0.2) is 34.5 Å². The van der Waals surface area contributed by atoms with Gasteiger partial charge in [-0.05, 0) is 31.1 Å². The first kappa shape index (κ1) is 16.8. The number of thioether (sulfide) groups is 2. The molecule has 1 atom stereocenters. The maximum atomic E-state index is 4.85. The molecule has 2 rings (SSSR count). The molecule has 21 heavy (non-hydrogen) atoms. The van der Waals surface area contributed by atoms with E-state index >= 15 is 0 Å². The average Bonchev–Trinajstić information content (AvgIpc) is 2.98. The van der Waals surface area contributed by atoms with E-state index < -0.39 is 0 Å². The molecular weight excluding hydrogens is 296 g/mol. The predicted octanol–water partition coefficient (Wildman–Crippen LogP) is 4.21. The van der Waals surface area contributed by atoms with Crippen molar-refractivity contribution in [2.75, 3.05) is 18.6 Å². The van der Waals surface area contributed by atoms with Gasteiger partial charge in [0.15, 0.2) is 5.17 Å². The molecule has 1 saturated heterocycles. The van der Waals surface area contributed by atoms with Gasteiger partial charge in [0, 0.05) is 16.5 Å². The lowest BCUT2D eigenvalue weighted by Gasteiger charge is -2.27. The first-order valence-electron chi connectivity index (χ1n) is 7.74. The molecule has 1 aromatic carbocycles. The molecule has 4 heteroatoms. The number of amidine groups is 1. The zero-order chi connectivity index (χ0) is 15.1. The smallest absolute Gasteiger partial charge is 0.156 e. The molecule has 1 aliphatic heterocycles. The van der Waals surface area contributed by atoms with Crippen molar-refractivity contribution < 1.29 is 0 Å². The topological polar surface area (TPSA) is 24.4 Å². The highest BCUT2D eigenvalue weighted by Crippen LogP contribution is 2.31. The summed E-state index contributed by atoms with van der Waals surface area (Å²) in [5, 5.41) is 4.72. The fourth-order valence-corrected chi connectivity index (χ4v) is 4.32. The molecule has 0 spiro atoms. The van der Waals surface area contributed by atoms with Gasteiger partial charge in [0.2, 0.25) is 0 Å². The summed E-state index contributed by atoms with van der Waals surface area (Å²) in [7, 11) is 0. The Morgan fingerprint density at radius 3 is 2.62 bits per heavy atom.